The third kappa shape index (κ3) is 8.54. The minimum Gasteiger partial charge on any atom is -0.494 e. The van der Waals surface area contributed by atoms with E-state index in [0.29, 0.717) is 29.5 Å². The zero-order chi connectivity index (χ0) is 33.3. The number of para-hydroxylation sites is 2. The number of aryl methyl sites for hydroxylation is 1. The van der Waals surface area contributed by atoms with E-state index < -0.39 is 0 Å². The van der Waals surface area contributed by atoms with Crippen LogP contribution in [0, 0.1) is 5.82 Å². The first-order valence-electron chi connectivity index (χ1n) is 16.8. The predicted octanol–water partition coefficient (Wildman–Crippen LogP) is 7.76. The molecule has 0 N–H and O–H groups in total. The normalized spacial score (nSPS) is 14.5. The molecule has 4 aromatic carbocycles. The van der Waals surface area contributed by atoms with Crippen LogP contribution < -0.4 is 9.64 Å². The highest BCUT2D eigenvalue weighted by atomic mass is 35.5. The average molecular weight is 668 g/mol. The Morgan fingerprint density at radius 1 is 0.917 bits per heavy atom. The van der Waals surface area contributed by atoms with Crippen LogP contribution in [0.2, 0.25) is 5.02 Å². The lowest BCUT2D eigenvalue weighted by molar-refractivity contribution is 0.0782. The molecule has 1 unspecified atom stereocenters. The van der Waals surface area contributed by atoms with Crippen molar-refractivity contribution >= 4 is 34.5 Å². The second kappa shape index (κ2) is 16.1. The van der Waals surface area contributed by atoms with Crippen molar-refractivity contribution in [3.05, 3.63) is 125 Å². The summed E-state index contributed by atoms with van der Waals surface area (Å²) in [6.45, 7) is 6.58. The van der Waals surface area contributed by atoms with E-state index in [0.717, 1.165) is 81.1 Å². The van der Waals surface area contributed by atoms with Crippen molar-refractivity contribution in [1.82, 2.24) is 19.4 Å². The summed E-state index contributed by atoms with van der Waals surface area (Å²) in [7, 11) is 1.89. The zero-order valence-electron chi connectivity index (χ0n) is 27.5. The van der Waals surface area contributed by atoms with Gasteiger partial charge in [-0.15, -0.1) is 0 Å². The molecule has 1 atom stereocenters. The monoisotopic (exact) mass is 667 g/mol. The number of carbonyl (C=O) groups is 1. The van der Waals surface area contributed by atoms with Gasteiger partial charge < -0.3 is 24.0 Å². The number of nitrogens with zero attached hydrogens (tertiary/aromatic N) is 5. The number of carbonyl (C=O) groups excluding carboxylic acids is 1. The highest BCUT2D eigenvalue weighted by molar-refractivity contribution is 6.30. The first kappa shape index (κ1) is 33.5. The van der Waals surface area contributed by atoms with Crippen LogP contribution in [-0.4, -0.2) is 78.2 Å². The van der Waals surface area contributed by atoms with E-state index in [1.54, 1.807) is 12.1 Å². The lowest BCUT2D eigenvalue weighted by atomic mass is 9.94. The van der Waals surface area contributed by atoms with Crippen molar-refractivity contribution in [2.24, 2.45) is 0 Å². The summed E-state index contributed by atoms with van der Waals surface area (Å²) in [5.74, 6) is 1.58. The first-order valence-corrected chi connectivity index (χ1v) is 17.2. The predicted molar refractivity (Wildman–Crippen MR) is 192 cm³/mol. The fourth-order valence-electron chi connectivity index (χ4n) is 6.54. The minimum atomic E-state index is -0.267. The number of imidazole rings is 1. The van der Waals surface area contributed by atoms with Crippen LogP contribution in [0.1, 0.15) is 41.1 Å². The number of hydrogen-bond donors (Lipinski definition) is 0. The number of aromatic nitrogens is 2. The van der Waals surface area contributed by atoms with Gasteiger partial charge in [0.15, 0.2) is 0 Å². The summed E-state index contributed by atoms with van der Waals surface area (Å²) < 4.78 is 21.5. The van der Waals surface area contributed by atoms with Crippen LogP contribution in [0.4, 0.5) is 10.3 Å². The SMILES string of the molecule is CN(CC(CCN1CCCN(c2nc3ccccc3n2CCCOc2ccc(F)cc2)CC1)c1cccc(Cl)c1)C(=O)c1ccccc1. The quantitative estimate of drug-likeness (QED) is 0.120. The second-order valence-corrected chi connectivity index (χ2v) is 12.9. The van der Waals surface area contributed by atoms with Gasteiger partial charge in [0.25, 0.3) is 5.91 Å². The molecule has 0 bridgehead atoms. The molecule has 7 nitrogen and oxygen atoms in total. The zero-order valence-corrected chi connectivity index (χ0v) is 28.2. The molecule has 0 spiro atoms. The first-order chi connectivity index (χ1) is 23.4. The number of halogens is 2. The molecule has 1 saturated heterocycles. The summed E-state index contributed by atoms with van der Waals surface area (Å²) in [5, 5.41) is 0.713. The maximum Gasteiger partial charge on any atom is 0.253 e. The minimum absolute atomic E-state index is 0.0259. The molecule has 250 valence electrons. The number of rotatable bonds is 13. The van der Waals surface area contributed by atoms with Gasteiger partial charge in [-0.2, -0.15) is 0 Å². The number of ether oxygens (including phenoxy) is 1. The van der Waals surface area contributed by atoms with E-state index in [2.05, 4.69) is 38.6 Å². The molecular weight excluding hydrogens is 625 g/mol. The Morgan fingerprint density at radius 3 is 2.52 bits per heavy atom. The topological polar surface area (TPSA) is 53.8 Å². The van der Waals surface area contributed by atoms with Gasteiger partial charge in [0.05, 0.1) is 17.6 Å². The molecule has 1 amide bonds. The Kier molecular flexibility index (Phi) is 11.3. The number of benzene rings is 4. The Hall–Kier alpha value is -4.40. The van der Waals surface area contributed by atoms with Gasteiger partial charge in [-0.25, -0.2) is 9.37 Å². The number of likely N-dealkylation sites (N-methyl/N-ethyl adjacent to an activating group) is 1. The van der Waals surface area contributed by atoms with Crippen molar-refractivity contribution in [2.75, 3.05) is 57.8 Å². The van der Waals surface area contributed by atoms with Gasteiger partial charge in [-0.1, -0.05) is 54.1 Å². The van der Waals surface area contributed by atoms with Crippen molar-refractivity contribution < 1.29 is 13.9 Å². The molecular formula is C39H43ClFN5O2. The molecule has 0 saturated carbocycles. The van der Waals surface area contributed by atoms with Crippen molar-refractivity contribution in [3.63, 3.8) is 0 Å². The van der Waals surface area contributed by atoms with Crippen LogP contribution in [0.15, 0.2) is 103 Å². The molecule has 48 heavy (non-hydrogen) atoms. The molecule has 1 fully saturated rings. The van der Waals surface area contributed by atoms with E-state index >= 15 is 0 Å². The third-order valence-corrected chi connectivity index (χ3v) is 9.32. The van der Waals surface area contributed by atoms with Gasteiger partial charge in [0.1, 0.15) is 11.6 Å². The van der Waals surface area contributed by atoms with E-state index in [4.69, 9.17) is 21.3 Å². The highest BCUT2D eigenvalue weighted by Crippen LogP contribution is 2.27. The molecule has 1 aromatic heterocycles. The van der Waals surface area contributed by atoms with Gasteiger partial charge in [0, 0.05) is 56.3 Å². The number of amides is 1. The fraction of sp³-hybridized carbons (Fsp3) is 0.333. The molecule has 2 heterocycles. The van der Waals surface area contributed by atoms with Crippen molar-refractivity contribution in [2.45, 2.75) is 31.7 Å². The van der Waals surface area contributed by atoms with E-state index in [9.17, 15) is 9.18 Å². The van der Waals surface area contributed by atoms with Crippen LogP contribution >= 0.6 is 11.6 Å². The lowest BCUT2D eigenvalue weighted by Crippen LogP contribution is -2.35. The summed E-state index contributed by atoms with van der Waals surface area (Å²) in [6.07, 6.45) is 2.75. The number of anilines is 1. The maximum absolute atomic E-state index is 13.3. The average Bonchev–Trinajstić information content (AvgIpc) is 3.31. The van der Waals surface area contributed by atoms with Crippen LogP contribution in [0.25, 0.3) is 11.0 Å². The summed E-state index contributed by atoms with van der Waals surface area (Å²) >= 11 is 6.42. The van der Waals surface area contributed by atoms with Gasteiger partial charge in [-0.3, -0.25) is 4.79 Å². The van der Waals surface area contributed by atoms with Crippen molar-refractivity contribution in [3.8, 4) is 5.75 Å². The maximum atomic E-state index is 13.3. The van der Waals surface area contributed by atoms with E-state index in [1.807, 2.05) is 66.5 Å². The Labute approximate surface area is 287 Å². The second-order valence-electron chi connectivity index (χ2n) is 12.5. The molecule has 6 rings (SSSR count). The largest absolute Gasteiger partial charge is 0.494 e. The summed E-state index contributed by atoms with van der Waals surface area (Å²) in [4.78, 5) is 25.1. The summed E-state index contributed by atoms with van der Waals surface area (Å²) in [5.41, 5.74) is 3.97. The highest BCUT2D eigenvalue weighted by Gasteiger charge is 2.23. The Bertz CT molecular complexity index is 1780. The smallest absolute Gasteiger partial charge is 0.253 e. The molecule has 9 heteroatoms. The third-order valence-electron chi connectivity index (χ3n) is 9.09. The van der Waals surface area contributed by atoms with Crippen molar-refractivity contribution in [1.29, 1.82) is 0 Å². The number of fused-ring (bicyclic) bond motifs is 1. The van der Waals surface area contributed by atoms with Crippen LogP contribution in [0.3, 0.4) is 0 Å². The van der Waals surface area contributed by atoms with E-state index in [1.165, 1.54) is 12.1 Å². The van der Waals surface area contributed by atoms with E-state index in [-0.39, 0.29) is 17.6 Å². The van der Waals surface area contributed by atoms with Crippen LogP contribution in [0.5, 0.6) is 5.75 Å². The van der Waals surface area contributed by atoms with Gasteiger partial charge in [0.2, 0.25) is 5.95 Å². The number of hydrogen-bond acceptors (Lipinski definition) is 5. The Morgan fingerprint density at radius 2 is 1.71 bits per heavy atom. The van der Waals surface area contributed by atoms with Gasteiger partial charge >= 0.3 is 0 Å². The fourth-order valence-corrected chi connectivity index (χ4v) is 6.74. The molecule has 1 aliphatic heterocycles. The summed E-state index contributed by atoms with van der Waals surface area (Å²) in [6, 6.07) is 32.0. The molecule has 1 aliphatic rings. The Balaban J connectivity index is 1.09. The molecule has 5 aromatic rings. The molecule has 0 aliphatic carbocycles. The van der Waals surface area contributed by atoms with Gasteiger partial charge in [-0.05, 0) is 98.6 Å². The lowest BCUT2D eigenvalue weighted by Gasteiger charge is -2.28. The molecule has 0 radical (unpaired) electrons. The standard InChI is InChI=1S/C39H43ClFN5O2/c1-43(38(47)30-10-3-2-4-11-30)29-32(31-12-7-13-33(40)28-31)20-24-44-21-8-22-45(26-25-44)39-42-36-14-5-6-15-37(36)46(39)23-9-27-48-35-18-16-34(41)17-19-35/h2-7,10-19,28,32H,8-9,20-27,29H2,1H3. The van der Waals surface area contributed by atoms with Crippen LogP contribution in [-0.2, 0) is 6.54 Å².